The average molecular weight is 367 g/mol. The van der Waals surface area contributed by atoms with E-state index in [1.807, 2.05) is 0 Å². The van der Waals surface area contributed by atoms with E-state index < -0.39 is 11.8 Å². The Kier molecular flexibility index (Phi) is 3.72. The predicted octanol–water partition coefficient (Wildman–Crippen LogP) is 3.05. The van der Waals surface area contributed by atoms with E-state index in [1.54, 1.807) is 6.07 Å². The van der Waals surface area contributed by atoms with Crippen LogP contribution in [0.15, 0.2) is 33.5 Å². The lowest BCUT2D eigenvalue weighted by Gasteiger charge is -2.07. The van der Waals surface area contributed by atoms with E-state index in [9.17, 15) is 9.18 Å². The van der Waals surface area contributed by atoms with Gasteiger partial charge in [-0.1, -0.05) is 21.1 Å². The number of hydrogen-bond acceptors (Lipinski definition) is 7. The SMILES string of the molecule is COC(=O)c1noc2ncnc(Nc3ccc(Br)cc3F)c12. The zero-order chi connectivity index (χ0) is 15.7. The Hall–Kier alpha value is -2.55. The van der Waals surface area contributed by atoms with Gasteiger partial charge in [0.2, 0.25) is 5.69 Å². The molecule has 0 aliphatic carbocycles. The molecule has 1 N–H and O–H groups in total. The van der Waals surface area contributed by atoms with Gasteiger partial charge in [-0.25, -0.2) is 14.2 Å². The van der Waals surface area contributed by atoms with E-state index in [0.717, 1.165) is 0 Å². The van der Waals surface area contributed by atoms with Crippen LogP contribution in [0, 0.1) is 5.82 Å². The number of rotatable bonds is 3. The first kappa shape index (κ1) is 14.4. The minimum atomic E-state index is -0.701. The molecule has 0 spiro atoms. The Labute approximate surface area is 131 Å². The fourth-order valence-electron chi connectivity index (χ4n) is 1.84. The third-order valence-electron chi connectivity index (χ3n) is 2.84. The number of aromatic nitrogens is 3. The molecule has 0 aliphatic rings. The van der Waals surface area contributed by atoms with Crippen LogP contribution in [0.4, 0.5) is 15.9 Å². The van der Waals surface area contributed by atoms with Crippen LogP contribution in [0.5, 0.6) is 0 Å². The minimum Gasteiger partial charge on any atom is -0.464 e. The zero-order valence-corrected chi connectivity index (χ0v) is 12.7. The van der Waals surface area contributed by atoms with Gasteiger partial charge in [0, 0.05) is 4.47 Å². The number of nitrogens with one attached hydrogen (secondary N) is 1. The number of nitrogens with zero attached hydrogens (tertiary/aromatic N) is 3. The second-order valence-electron chi connectivity index (χ2n) is 4.17. The van der Waals surface area contributed by atoms with Crippen LogP contribution in [-0.2, 0) is 4.74 Å². The monoisotopic (exact) mass is 366 g/mol. The number of carbonyl (C=O) groups is 1. The molecule has 22 heavy (non-hydrogen) atoms. The molecule has 2 aromatic heterocycles. The van der Waals surface area contributed by atoms with Gasteiger partial charge in [0.25, 0.3) is 5.71 Å². The van der Waals surface area contributed by atoms with Crippen molar-refractivity contribution in [3.8, 4) is 0 Å². The molecule has 0 aliphatic heterocycles. The molecule has 0 atom stereocenters. The largest absolute Gasteiger partial charge is 0.464 e. The van der Waals surface area contributed by atoms with Crippen LogP contribution in [0.25, 0.3) is 11.1 Å². The molecule has 1 aromatic carbocycles. The van der Waals surface area contributed by atoms with Crippen molar-refractivity contribution in [3.63, 3.8) is 0 Å². The van der Waals surface area contributed by atoms with Crippen molar-refractivity contribution in [3.05, 3.63) is 40.5 Å². The van der Waals surface area contributed by atoms with Gasteiger partial charge in [-0.3, -0.25) is 0 Å². The quantitative estimate of drug-likeness (QED) is 0.712. The Balaban J connectivity index is 2.10. The van der Waals surface area contributed by atoms with Gasteiger partial charge in [0.15, 0.2) is 0 Å². The van der Waals surface area contributed by atoms with E-state index >= 15 is 0 Å². The summed E-state index contributed by atoms with van der Waals surface area (Å²) in [6, 6.07) is 4.49. The molecule has 0 radical (unpaired) electrons. The van der Waals surface area contributed by atoms with Gasteiger partial charge in [0.05, 0.1) is 12.8 Å². The van der Waals surface area contributed by atoms with Crippen molar-refractivity contribution in [2.75, 3.05) is 12.4 Å². The summed E-state index contributed by atoms with van der Waals surface area (Å²) < 4.78 is 24.1. The summed E-state index contributed by atoms with van der Waals surface area (Å²) >= 11 is 3.18. The second-order valence-corrected chi connectivity index (χ2v) is 5.09. The van der Waals surface area contributed by atoms with E-state index in [-0.39, 0.29) is 28.3 Å². The van der Waals surface area contributed by atoms with Crippen molar-refractivity contribution >= 4 is 44.5 Å². The number of fused-ring (bicyclic) bond motifs is 1. The third-order valence-corrected chi connectivity index (χ3v) is 3.33. The molecular weight excluding hydrogens is 359 g/mol. The maximum Gasteiger partial charge on any atom is 0.361 e. The lowest BCUT2D eigenvalue weighted by Crippen LogP contribution is -2.04. The summed E-state index contributed by atoms with van der Waals surface area (Å²) in [5, 5.41) is 6.62. The van der Waals surface area contributed by atoms with Gasteiger partial charge in [-0.15, -0.1) is 0 Å². The molecule has 0 saturated carbocycles. The summed E-state index contributed by atoms with van der Waals surface area (Å²) in [4.78, 5) is 19.6. The number of anilines is 2. The molecule has 112 valence electrons. The van der Waals surface area contributed by atoms with Crippen LogP contribution in [0.1, 0.15) is 10.5 Å². The molecule has 7 nitrogen and oxygen atoms in total. The van der Waals surface area contributed by atoms with Crippen LogP contribution in [0.2, 0.25) is 0 Å². The van der Waals surface area contributed by atoms with Crippen LogP contribution >= 0.6 is 15.9 Å². The lowest BCUT2D eigenvalue weighted by molar-refractivity contribution is 0.0591. The van der Waals surface area contributed by atoms with Gasteiger partial charge >= 0.3 is 5.97 Å². The molecule has 2 heterocycles. The zero-order valence-electron chi connectivity index (χ0n) is 11.1. The number of methoxy groups -OCH3 is 1. The molecule has 9 heteroatoms. The van der Waals surface area contributed by atoms with Gasteiger partial charge < -0.3 is 14.6 Å². The summed E-state index contributed by atoms with van der Waals surface area (Å²) in [7, 11) is 1.22. The fourth-order valence-corrected chi connectivity index (χ4v) is 2.17. The first-order valence-corrected chi connectivity index (χ1v) is 6.80. The molecule has 0 saturated heterocycles. The van der Waals surface area contributed by atoms with Gasteiger partial charge in [-0.05, 0) is 18.2 Å². The number of benzene rings is 1. The smallest absolute Gasteiger partial charge is 0.361 e. The summed E-state index contributed by atoms with van der Waals surface area (Å²) in [6.07, 6.45) is 1.22. The molecular formula is C13H8BrFN4O3. The summed E-state index contributed by atoms with van der Waals surface area (Å²) in [5.74, 6) is -1.00. The third kappa shape index (κ3) is 2.50. The normalized spacial score (nSPS) is 10.7. The van der Waals surface area contributed by atoms with Gasteiger partial charge in [0.1, 0.15) is 23.3 Å². The molecule has 0 fully saturated rings. The van der Waals surface area contributed by atoms with Crippen molar-refractivity contribution in [2.24, 2.45) is 0 Å². The topological polar surface area (TPSA) is 90.1 Å². The first-order chi connectivity index (χ1) is 10.6. The second kappa shape index (κ2) is 5.68. The Morgan fingerprint density at radius 3 is 2.95 bits per heavy atom. The lowest BCUT2D eigenvalue weighted by atomic mass is 10.2. The highest BCUT2D eigenvalue weighted by molar-refractivity contribution is 9.10. The molecule has 0 unspecified atom stereocenters. The molecule has 0 bridgehead atoms. The molecule has 0 amide bonds. The Bertz CT molecular complexity index is 868. The Morgan fingerprint density at radius 1 is 1.41 bits per heavy atom. The molecule has 3 aromatic rings. The number of halogens is 2. The van der Waals surface area contributed by atoms with Crippen LogP contribution in [0.3, 0.4) is 0 Å². The standard InChI is InChI=1S/C13H8BrFN4O3/c1-21-13(20)10-9-11(16-5-17-12(9)22-19-10)18-8-3-2-6(14)4-7(8)15/h2-5H,1H3,(H,16,17,18). The number of ether oxygens (including phenoxy) is 1. The Morgan fingerprint density at radius 2 is 2.23 bits per heavy atom. The van der Waals surface area contributed by atoms with Crippen molar-refractivity contribution in [1.82, 2.24) is 15.1 Å². The molecule has 3 rings (SSSR count). The van der Waals surface area contributed by atoms with Gasteiger partial charge in [-0.2, -0.15) is 4.98 Å². The fraction of sp³-hybridized carbons (Fsp3) is 0.0769. The van der Waals surface area contributed by atoms with Crippen LogP contribution in [-0.4, -0.2) is 28.2 Å². The van der Waals surface area contributed by atoms with E-state index in [0.29, 0.717) is 4.47 Å². The number of esters is 1. The highest BCUT2D eigenvalue weighted by Crippen LogP contribution is 2.28. The highest BCUT2D eigenvalue weighted by atomic mass is 79.9. The van der Waals surface area contributed by atoms with E-state index in [4.69, 9.17) is 4.52 Å². The van der Waals surface area contributed by atoms with E-state index in [2.05, 4.69) is 41.1 Å². The minimum absolute atomic E-state index is 0.0851. The van der Waals surface area contributed by atoms with Crippen molar-refractivity contribution in [1.29, 1.82) is 0 Å². The number of hydrogen-bond donors (Lipinski definition) is 1. The summed E-state index contributed by atoms with van der Waals surface area (Å²) in [5.41, 5.74) is 0.189. The maximum atomic E-state index is 13.9. The van der Waals surface area contributed by atoms with Crippen molar-refractivity contribution < 1.29 is 18.4 Å². The number of carbonyl (C=O) groups excluding carboxylic acids is 1. The van der Waals surface area contributed by atoms with Crippen molar-refractivity contribution in [2.45, 2.75) is 0 Å². The van der Waals surface area contributed by atoms with E-state index in [1.165, 1.54) is 25.6 Å². The first-order valence-electron chi connectivity index (χ1n) is 6.01. The highest BCUT2D eigenvalue weighted by Gasteiger charge is 2.22. The predicted molar refractivity (Wildman–Crippen MR) is 78.3 cm³/mol. The summed E-state index contributed by atoms with van der Waals surface area (Å²) in [6.45, 7) is 0. The van der Waals surface area contributed by atoms with Crippen LogP contribution < -0.4 is 5.32 Å². The average Bonchev–Trinajstić information content (AvgIpc) is 2.94. The maximum absolute atomic E-state index is 13.9.